The number of carbonyl (C=O) groups excluding carboxylic acids is 1. The van der Waals surface area contributed by atoms with Gasteiger partial charge < -0.3 is 15.8 Å². The van der Waals surface area contributed by atoms with E-state index in [1.807, 2.05) is 13.0 Å². The molecule has 3 N–H and O–H groups in total. The lowest BCUT2D eigenvalue weighted by atomic mass is 10.1. The minimum Gasteiger partial charge on any atom is -0.399 e. The molecule has 1 aromatic rings. The summed E-state index contributed by atoms with van der Waals surface area (Å²) in [4.78, 5) is 11.9. The molecule has 1 aromatic carbocycles. The fraction of sp³-hybridized carbons (Fsp3) is 0.533. The van der Waals surface area contributed by atoms with Gasteiger partial charge in [0, 0.05) is 31.0 Å². The Balaban J connectivity index is 1.63. The third-order valence-electron chi connectivity index (χ3n) is 3.33. The van der Waals surface area contributed by atoms with Gasteiger partial charge in [0.25, 0.3) is 5.91 Å². The first-order valence-corrected chi connectivity index (χ1v) is 6.89. The summed E-state index contributed by atoms with van der Waals surface area (Å²) in [6.45, 7) is 4.15. The van der Waals surface area contributed by atoms with E-state index >= 15 is 0 Å². The Morgan fingerprint density at radius 1 is 1.47 bits per heavy atom. The molecule has 1 aliphatic carbocycles. The van der Waals surface area contributed by atoms with Crippen LogP contribution in [0.4, 0.5) is 5.69 Å². The molecule has 2 rings (SSSR count). The summed E-state index contributed by atoms with van der Waals surface area (Å²) in [5.74, 6) is 0.748. The summed E-state index contributed by atoms with van der Waals surface area (Å²) in [5, 5.41) is 2.89. The topological polar surface area (TPSA) is 64.3 Å². The Morgan fingerprint density at radius 3 is 2.95 bits per heavy atom. The van der Waals surface area contributed by atoms with Crippen LogP contribution < -0.4 is 11.1 Å². The van der Waals surface area contributed by atoms with Gasteiger partial charge in [-0.1, -0.05) is 0 Å². The molecular weight excluding hydrogens is 240 g/mol. The van der Waals surface area contributed by atoms with Crippen molar-refractivity contribution < 1.29 is 9.53 Å². The van der Waals surface area contributed by atoms with Crippen LogP contribution in [0.2, 0.25) is 0 Å². The number of nitrogen functional groups attached to an aromatic ring is 1. The van der Waals surface area contributed by atoms with Gasteiger partial charge in [0.1, 0.15) is 0 Å². The molecule has 19 heavy (non-hydrogen) atoms. The van der Waals surface area contributed by atoms with E-state index in [4.69, 9.17) is 10.5 Å². The van der Waals surface area contributed by atoms with Crippen LogP contribution in [0.3, 0.4) is 0 Å². The lowest BCUT2D eigenvalue weighted by molar-refractivity contribution is 0.0937. The number of ether oxygens (including phenoxy) is 1. The maximum atomic E-state index is 11.9. The number of benzene rings is 1. The van der Waals surface area contributed by atoms with Gasteiger partial charge in [-0.2, -0.15) is 0 Å². The average Bonchev–Trinajstić information content (AvgIpc) is 3.20. The first-order chi connectivity index (χ1) is 9.16. The lowest BCUT2D eigenvalue weighted by Gasteiger charge is -2.07. The zero-order valence-corrected chi connectivity index (χ0v) is 11.4. The quantitative estimate of drug-likeness (QED) is 0.584. The Bertz CT molecular complexity index is 442. The highest BCUT2D eigenvalue weighted by Crippen LogP contribution is 2.28. The van der Waals surface area contributed by atoms with Gasteiger partial charge in [0.2, 0.25) is 0 Å². The van der Waals surface area contributed by atoms with Crippen molar-refractivity contribution in [1.29, 1.82) is 0 Å². The van der Waals surface area contributed by atoms with Crippen molar-refractivity contribution >= 4 is 11.6 Å². The first kappa shape index (κ1) is 13.9. The molecule has 0 heterocycles. The van der Waals surface area contributed by atoms with Gasteiger partial charge in [0.15, 0.2) is 0 Å². The minimum absolute atomic E-state index is 0.0507. The predicted octanol–water partition coefficient (Wildman–Crippen LogP) is 2.12. The van der Waals surface area contributed by atoms with E-state index in [1.54, 1.807) is 12.1 Å². The van der Waals surface area contributed by atoms with E-state index in [-0.39, 0.29) is 5.91 Å². The SMILES string of the molecule is Cc1cc(C(=O)NCCCOCC2CC2)ccc1N. The number of carbonyl (C=O) groups is 1. The number of hydrogen-bond acceptors (Lipinski definition) is 3. The van der Waals surface area contributed by atoms with Crippen LogP contribution in [0, 0.1) is 12.8 Å². The molecule has 1 amide bonds. The molecule has 0 saturated heterocycles. The zero-order chi connectivity index (χ0) is 13.7. The van der Waals surface area contributed by atoms with E-state index < -0.39 is 0 Å². The Kier molecular flexibility index (Phi) is 4.80. The fourth-order valence-corrected chi connectivity index (χ4v) is 1.83. The molecule has 1 saturated carbocycles. The van der Waals surface area contributed by atoms with E-state index in [1.165, 1.54) is 12.8 Å². The number of rotatable bonds is 7. The highest BCUT2D eigenvalue weighted by Gasteiger charge is 2.20. The summed E-state index contributed by atoms with van der Waals surface area (Å²) in [5.41, 5.74) is 8.03. The summed E-state index contributed by atoms with van der Waals surface area (Å²) in [6, 6.07) is 5.33. The third kappa shape index (κ3) is 4.56. The van der Waals surface area contributed by atoms with Gasteiger partial charge in [0.05, 0.1) is 0 Å². The molecule has 0 bridgehead atoms. The van der Waals surface area contributed by atoms with Crippen LogP contribution >= 0.6 is 0 Å². The zero-order valence-electron chi connectivity index (χ0n) is 11.4. The highest BCUT2D eigenvalue weighted by atomic mass is 16.5. The van der Waals surface area contributed by atoms with Crippen molar-refractivity contribution in [3.63, 3.8) is 0 Å². The van der Waals surface area contributed by atoms with Crippen molar-refractivity contribution in [1.82, 2.24) is 5.32 Å². The maximum absolute atomic E-state index is 11.9. The molecule has 0 aliphatic heterocycles. The molecule has 1 fully saturated rings. The van der Waals surface area contributed by atoms with Gasteiger partial charge >= 0.3 is 0 Å². The van der Waals surface area contributed by atoms with Crippen LogP contribution in [0.25, 0.3) is 0 Å². The molecule has 0 unspecified atom stereocenters. The van der Waals surface area contributed by atoms with E-state index in [2.05, 4.69) is 5.32 Å². The van der Waals surface area contributed by atoms with Crippen molar-refractivity contribution in [2.24, 2.45) is 5.92 Å². The standard InChI is InChI=1S/C15H22N2O2/c1-11-9-13(5-6-14(11)16)15(18)17-7-2-8-19-10-12-3-4-12/h5-6,9,12H,2-4,7-8,10,16H2,1H3,(H,17,18). The molecule has 0 aromatic heterocycles. The molecule has 4 nitrogen and oxygen atoms in total. The number of nitrogens with two attached hydrogens (primary N) is 1. The second kappa shape index (κ2) is 6.57. The maximum Gasteiger partial charge on any atom is 0.251 e. The smallest absolute Gasteiger partial charge is 0.251 e. The number of aryl methyl sites for hydroxylation is 1. The highest BCUT2D eigenvalue weighted by molar-refractivity contribution is 5.94. The molecule has 0 atom stereocenters. The Labute approximate surface area is 114 Å². The van der Waals surface area contributed by atoms with Crippen molar-refractivity contribution in [3.05, 3.63) is 29.3 Å². The van der Waals surface area contributed by atoms with Gasteiger partial charge in [-0.05, 0) is 55.9 Å². The average molecular weight is 262 g/mol. The predicted molar refractivity (Wildman–Crippen MR) is 76.1 cm³/mol. The van der Waals surface area contributed by atoms with Gasteiger partial charge in [-0.3, -0.25) is 4.79 Å². The molecule has 1 aliphatic rings. The Hall–Kier alpha value is -1.55. The second-order valence-corrected chi connectivity index (χ2v) is 5.20. The molecule has 104 valence electrons. The number of anilines is 1. The van der Waals surface area contributed by atoms with E-state index in [0.717, 1.165) is 31.1 Å². The largest absolute Gasteiger partial charge is 0.399 e. The monoisotopic (exact) mass is 262 g/mol. The summed E-state index contributed by atoms with van der Waals surface area (Å²) in [7, 11) is 0. The fourth-order valence-electron chi connectivity index (χ4n) is 1.83. The second-order valence-electron chi connectivity index (χ2n) is 5.20. The third-order valence-corrected chi connectivity index (χ3v) is 3.33. The van der Waals surface area contributed by atoms with Crippen LogP contribution in [-0.2, 0) is 4.74 Å². The lowest BCUT2D eigenvalue weighted by Crippen LogP contribution is -2.25. The van der Waals surface area contributed by atoms with Crippen LogP contribution in [0.15, 0.2) is 18.2 Å². The van der Waals surface area contributed by atoms with E-state index in [0.29, 0.717) is 17.8 Å². The van der Waals surface area contributed by atoms with Crippen LogP contribution in [0.5, 0.6) is 0 Å². The molecular formula is C15H22N2O2. The first-order valence-electron chi connectivity index (χ1n) is 6.89. The van der Waals surface area contributed by atoms with Crippen molar-refractivity contribution in [2.75, 3.05) is 25.5 Å². The minimum atomic E-state index is -0.0507. The Morgan fingerprint density at radius 2 is 2.26 bits per heavy atom. The van der Waals surface area contributed by atoms with Gasteiger partial charge in [-0.15, -0.1) is 0 Å². The number of hydrogen-bond donors (Lipinski definition) is 2. The van der Waals surface area contributed by atoms with E-state index in [9.17, 15) is 4.79 Å². The molecule has 0 spiro atoms. The van der Waals surface area contributed by atoms with Crippen LogP contribution in [0.1, 0.15) is 35.2 Å². The molecule has 0 radical (unpaired) electrons. The van der Waals surface area contributed by atoms with Crippen molar-refractivity contribution in [2.45, 2.75) is 26.2 Å². The summed E-state index contributed by atoms with van der Waals surface area (Å²) in [6.07, 6.45) is 3.48. The number of amides is 1. The van der Waals surface area contributed by atoms with Crippen LogP contribution in [-0.4, -0.2) is 25.7 Å². The summed E-state index contributed by atoms with van der Waals surface area (Å²) < 4.78 is 5.51. The van der Waals surface area contributed by atoms with Gasteiger partial charge in [-0.25, -0.2) is 0 Å². The molecule has 4 heteroatoms. The number of nitrogens with one attached hydrogen (secondary N) is 1. The summed E-state index contributed by atoms with van der Waals surface area (Å²) >= 11 is 0. The van der Waals surface area contributed by atoms with Crippen molar-refractivity contribution in [3.8, 4) is 0 Å². The normalized spacial score (nSPS) is 14.4.